The number of aliphatic hydroxyl groups is 1. The van der Waals surface area contributed by atoms with Crippen molar-refractivity contribution < 1.29 is 18.3 Å². The van der Waals surface area contributed by atoms with Crippen LogP contribution >= 0.6 is 11.3 Å². The lowest BCUT2D eigenvalue weighted by Crippen LogP contribution is -2.19. The second-order valence-corrected chi connectivity index (χ2v) is 5.08. The van der Waals surface area contributed by atoms with E-state index >= 15 is 0 Å². The van der Waals surface area contributed by atoms with Crippen LogP contribution in [-0.2, 0) is 0 Å². The molecule has 0 spiro atoms. The van der Waals surface area contributed by atoms with E-state index in [9.17, 15) is 18.3 Å². The topological polar surface area (TPSA) is 46.2 Å². The summed E-state index contributed by atoms with van der Waals surface area (Å²) in [5.41, 5.74) is 5.57. The van der Waals surface area contributed by atoms with E-state index in [1.807, 2.05) is 5.38 Å². The van der Waals surface area contributed by atoms with Crippen LogP contribution in [0.2, 0.25) is 0 Å². The van der Waals surface area contributed by atoms with Gasteiger partial charge in [-0.3, -0.25) is 0 Å². The zero-order chi connectivity index (χ0) is 14.0. The summed E-state index contributed by atoms with van der Waals surface area (Å²) in [6, 6.07) is 5.15. The fourth-order valence-electron chi connectivity index (χ4n) is 1.88. The Hall–Kier alpha value is -1.37. The molecular weight excluding hydrogens is 275 g/mol. The number of benzene rings is 1. The van der Waals surface area contributed by atoms with Gasteiger partial charge in [-0.25, -0.2) is 13.2 Å². The van der Waals surface area contributed by atoms with Gasteiger partial charge in [0.25, 0.3) is 0 Å². The number of hydrogen-bond acceptors (Lipinski definition) is 3. The third-order valence-electron chi connectivity index (χ3n) is 2.89. The lowest BCUT2D eigenvalue weighted by molar-refractivity contribution is 0.147. The van der Waals surface area contributed by atoms with E-state index in [0.717, 1.165) is 17.0 Å². The normalized spacial score (nSPS) is 14.4. The smallest absolute Gasteiger partial charge is 0.194 e. The quantitative estimate of drug-likeness (QED) is 0.849. The van der Waals surface area contributed by atoms with Gasteiger partial charge in [-0.2, -0.15) is 0 Å². The molecule has 1 heterocycles. The first-order chi connectivity index (χ1) is 9.04. The Morgan fingerprint density at radius 1 is 1.21 bits per heavy atom. The second kappa shape index (κ2) is 5.73. The van der Waals surface area contributed by atoms with Crippen molar-refractivity contribution in [2.24, 2.45) is 5.73 Å². The van der Waals surface area contributed by atoms with Crippen LogP contribution in [0.15, 0.2) is 29.6 Å². The zero-order valence-electron chi connectivity index (χ0n) is 9.82. The van der Waals surface area contributed by atoms with E-state index in [-0.39, 0.29) is 12.1 Å². The van der Waals surface area contributed by atoms with Gasteiger partial charge in [-0.1, -0.05) is 6.07 Å². The van der Waals surface area contributed by atoms with Crippen molar-refractivity contribution in [3.8, 4) is 0 Å². The molecule has 2 aromatic rings. The number of thiophene rings is 1. The number of aliphatic hydroxyl groups excluding tert-OH is 1. The Kier molecular flexibility index (Phi) is 4.24. The maximum Gasteiger partial charge on any atom is 0.194 e. The Morgan fingerprint density at radius 2 is 1.84 bits per heavy atom. The van der Waals surface area contributed by atoms with Crippen LogP contribution in [0.4, 0.5) is 13.2 Å². The molecule has 0 saturated carbocycles. The summed E-state index contributed by atoms with van der Waals surface area (Å²) >= 11 is 1.39. The first-order valence-electron chi connectivity index (χ1n) is 5.60. The Morgan fingerprint density at radius 3 is 2.32 bits per heavy atom. The van der Waals surface area contributed by atoms with E-state index in [0.29, 0.717) is 0 Å². The Bertz CT molecular complexity index is 536. The molecule has 0 aliphatic rings. The van der Waals surface area contributed by atoms with Gasteiger partial charge < -0.3 is 10.8 Å². The highest BCUT2D eigenvalue weighted by Crippen LogP contribution is 2.33. The third kappa shape index (κ3) is 2.80. The van der Waals surface area contributed by atoms with Crippen molar-refractivity contribution in [3.05, 3.63) is 57.5 Å². The van der Waals surface area contributed by atoms with Gasteiger partial charge in [-0.05, 0) is 29.1 Å². The maximum absolute atomic E-state index is 13.2. The van der Waals surface area contributed by atoms with Gasteiger partial charge in [0.2, 0.25) is 0 Å². The molecule has 1 aromatic heterocycles. The summed E-state index contributed by atoms with van der Waals surface area (Å²) in [5, 5.41) is 12.0. The first-order valence-corrected chi connectivity index (χ1v) is 6.48. The first kappa shape index (κ1) is 14.0. The highest BCUT2D eigenvalue weighted by Gasteiger charge is 2.24. The largest absolute Gasteiger partial charge is 0.388 e. The van der Waals surface area contributed by atoms with Crippen molar-refractivity contribution in [3.63, 3.8) is 0 Å². The molecule has 102 valence electrons. The molecule has 2 nitrogen and oxygen atoms in total. The molecule has 0 fully saturated rings. The van der Waals surface area contributed by atoms with Crippen LogP contribution in [-0.4, -0.2) is 11.7 Å². The summed E-state index contributed by atoms with van der Waals surface area (Å²) in [5.74, 6) is -4.67. The fraction of sp³-hybridized carbons (Fsp3) is 0.231. The summed E-state index contributed by atoms with van der Waals surface area (Å²) in [6.45, 7) is 0.113. The number of rotatable bonds is 4. The third-order valence-corrected chi connectivity index (χ3v) is 3.90. The summed E-state index contributed by atoms with van der Waals surface area (Å²) in [4.78, 5) is 0.806. The van der Waals surface area contributed by atoms with E-state index in [1.165, 1.54) is 11.3 Å². The van der Waals surface area contributed by atoms with Gasteiger partial charge in [-0.15, -0.1) is 11.3 Å². The highest BCUT2D eigenvalue weighted by molar-refractivity contribution is 7.10. The van der Waals surface area contributed by atoms with Crippen molar-refractivity contribution in [2.45, 2.75) is 12.0 Å². The Labute approximate surface area is 112 Å². The number of halogens is 3. The minimum atomic E-state index is -1.55. The molecule has 0 aliphatic heterocycles. The average Bonchev–Trinajstić information content (AvgIpc) is 2.90. The molecule has 1 aromatic carbocycles. The fourth-order valence-corrected chi connectivity index (χ4v) is 2.75. The standard InChI is InChI=1S/C13H12F3NOS/c14-9-4-7(5-10(15)12(9)16)13(18)8(6-17)11-2-1-3-19-11/h1-5,8,13,18H,6,17H2. The van der Waals surface area contributed by atoms with E-state index in [2.05, 4.69) is 0 Å². The zero-order valence-corrected chi connectivity index (χ0v) is 10.6. The van der Waals surface area contributed by atoms with Crippen LogP contribution < -0.4 is 5.73 Å². The lowest BCUT2D eigenvalue weighted by Gasteiger charge is -2.21. The predicted molar refractivity (Wildman–Crippen MR) is 67.4 cm³/mol. The molecule has 2 unspecified atom stereocenters. The van der Waals surface area contributed by atoms with Crippen LogP contribution in [0.3, 0.4) is 0 Å². The lowest BCUT2D eigenvalue weighted by atomic mass is 9.94. The van der Waals surface area contributed by atoms with E-state index in [4.69, 9.17) is 5.73 Å². The minimum Gasteiger partial charge on any atom is -0.388 e. The molecule has 2 atom stereocenters. The maximum atomic E-state index is 13.2. The molecule has 6 heteroatoms. The molecule has 0 aliphatic carbocycles. The van der Waals surface area contributed by atoms with Crippen molar-refractivity contribution >= 4 is 11.3 Å². The summed E-state index contributed by atoms with van der Waals surface area (Å²) in [7, 11) is 0. The van der Waals surface area contributed by atoms with Crippen molar-refractivity contribution in [1.82, 2.24) is 0 Å². The molecular formula is C13H12F3NOS. The van der Waals surface area contributed by atoms with Gasteiger partial charge in [0.15, 0.2) is 17.5 Å². The molecule has 0 bridgehead atoms. The monoisotopic (exact) mass is 287 g/mol. The van der Waals surface area contributed by atoms with E-state index < -0.39 is 29.5 Å². The number of hydrogen-bond donors (Lipinski definition) is 2. The second-order valence-electron chi connectivity index (χ2n) is 4.10. The van der Waals surface area contributed by atoms with Crippen LogP contribution in [0.25, 0.3) is 0 Å². The van der Waals surface area contributed by atoms with Crippen molar-refractivity contribution in [1.29, 1.82) is 0 Å². The van der Waals surface area contributed by atoms with E-state index in [1.54, 1.807) is 12.1 Å². The van der Waals surface area contributed by atoms with Crippen LogP contribution in [0, 0.1) is 17.5 Å². The van der Waals surface area contributed by atoms with Crippen molar-refractivity contribution in [2.75, 3.05) is 6.54 Å². The van der Waals surface area contributed by atoms with Gasteiger partial charge in [0.1, 0.15) is 0 Å². The number of nitrogens with two attached hydrogens (primary N) is 1. The molecule has 0 amide bonds. The Balaban J connectivity index is 2.35. The van der Waals surface area contributed by atoms with Gasteiger partial charge in [0, 0.05) is 17.3 Å². The molecule has 0 saturated heterocycles. The average molecular weight is 287 g/mol. The summed E-state index contributed by atoms with van der Waals surface area (Å²) in [6.07, 6.45) is -1.19. The molecule has 19 heavy (non-hydrogen) atoms. The van der Waals surface area contributed by atoms with Gasteiger partial charge >= 0.3 is 0 Å². The minimum absolute atomic E-state index is 0.0275. The SMILES string of the molecule is NCC(c1cccs1)C(O)c1cc(F)c(F)c(F)c1. The van der Waals surface area contributed by atoms with Gasteiger partial charge in [0.05, 0.1) is 6.10 Å². The molecule has 2 rings (SSSR count). The highest BCUT2D eigenvalue weighted by atomic mass is 32.1. The summed E-state index contributed by atoms with van der Waals surface area (Å²) < 4.78 is 39.2. The van der Waals surface area contributed by atoms with Crippen LogP contribution in [0.1, 0.15) is 22.5 Å². The molecule has 3 N–H and O–H groups in total. The molecule has 0 radical (unpaired) electrons. The predicted octanol–water partition coefficient (Wildman–Crippen LogP) is 2.94. The van der Waals surface area contributed by atoms with Crippen LogP contribution in [0.5, 0.6) is 0 Å².